The third-order valence-corrected chi connectivity index (χ3v) is 4.64. The summed E-state index contributed by atoms with van der Waals surface area (Å²) in [5.41, 5.74) is 3.44. The quantitative estimate of drug-likeness (QED) is 0.774. The number of rotatable bonds is 2. The van der Waals surface area contributed by atoms with Crippen molar-refractivity contribution in [2.75, 3.05) is 18.6 Å². The van der Waals surface area contributed by atoms with Crippen molar-refractivity contribution in [1.82, 2.24) is 14.4 Å². The maximum absolute atomic E-state index is 11.7. The molecule has 0 spiro atoms. The first-order valence-corrected chi connectivity index (χ1v) is 8.11. The van der Waals surface area contributed by atoms with Crippen LogP contribution in [0.4, 0.5) is 10.6 Å². The van der Waals surface area contributed by atoms with Crippen LogP contribution in [0.5, 0.6) is 5.88 Å². The van der Waals surface area contributed by atoms with E-state index in [4.69, 9.17) is 4.74 Å². The third kappa shape index (κ3) is 2.48. The molecule has 1 N–H and O–H groups in total. The van der Waals surface area contributed by atoms with E-state index in [0.717, 1.165) is 28.9 Å². The molecule has 1 unspecified atom stereocenters. The van der Waals surface area contributed by atoms with Crippen LogP contribution < -0.4 is 9.64 Å². The molecule has 1 atom stereocenters. The highest BCUT2D eigenvalue weighted by Crippen LogP contribution is 2.36. The lowest BCUT2D eigenvalue weighted by Gasteiger charge is -2.27. The summed E-state index contributed by atoms with van der Waals surface area (Å²) in [5, 5.41) is 9.55. The van der Waals surface area contributed by atoms with E-state index < -0.39 is 6.09 Å². The Kier molecular flexibility index (Phi) is 3.56. The fraction of sp³-hybridized carbons (Fsp3) is 0.278. The van der Waals surface area contributed by atoms with Crippen molar-refractivity contribution < 1.29 is 14.6 Å². The summed E-state index contributed by atoms with van der Waals surface area (Å²) >= 11 is 0. The van der Waals surface area contributed by atoms with Gasteiger partial charge in [0, 0.05) is 42.0 Å². The van der Waals surface area contributed by atoms with Crippen LogP contribution in [-0.2, 0) is 0 Å². The van der Waals surface area contributed by atoms with Gasteiger partial charge in [-0.15, -0.1) is 0 Å². The molecule has 4 rings (SSSR count). The van der Waals surface area contributed by atoms with Gasteiger partial charge >= 0.3 is 6.09 Å². The van der Waals surface area contributed by atoms with Crippen LogP contribution in [0, 0.1) is 0 Å². The number of pyridine rings is 2. The summed E-state index contributed by atoms with van der Waals surface area (Å²) < 4.78 is 6.95. The Bertz CT molecular complexity index is 949. The van der Waals surface area contributed by atoms with Crippen LogP contribution in [0.2, 0.25) is 0 Å². The van der Waals surface area contributed by atoms with E-state index in [2.05, 4.69) is 16.9 Å². The lowest BCUT2D eigenvalue weighted by molar-refractivity contribution is 0.200. The maximum atomic E-state index is 11.7. The van der Waals surface area contributed by atoms with Crippen molar-refractivity contribution in [3.63, 3.8) is 0 Å². The van der Waals surface area contributed by atoms with E-state index in [0.29, 0.717) is 18.2 Å². The smallest absolute Gasteiger partial charge is 0.413 e. The molecule has 3 aromatic heterocycles. The molecule has 0 saturated carbocycles. The van der Waals surface area contributed by atoms with Gasteiger partial charge in [0.05, 0.1) is 12.8 Å². The van der Waals surface area contributed by atoms with Crippen molar-refractivity contribution in [1.29, 1.82) is 0 Å². The van der Waals surface area contributed by atoms with Crippen LogP contribution in [0.3, 0.4) is 0 Å². The van der Waals surface area contributed by atoms with E-state index in [1.807, 2.05) is 28.8 Å². The van der Waals surface area contributed by atoms with Crippen molar-refractivity contribution >= 4 is 17.6 Å². The second-order valence-electron chi connectivity index (χ2n) is 6.18. The summed E-state index contributed by atoms with van der Waals surface area (Å²) in [4.78, 5) is 21.9. The molecule has 7 nitrogen and oxygen atoms in total. The SMILES string of the molecule is COc1ccc(-c2ccc3nc4c(n3c2)N(C(=O)O)CCC4C)cn1. The molecule has 7 heteroatoms. The lowest BCUT2D eigenvalue weighted by Crippen LogP contribution is -2.35. The molecule has 128 valence electrons. The Labute approximate surface area is 144 Å². The average Bonchev–Trinajstić information content (AvgIpc) is 3.01. The monoisotopic (exact) mass is 338 g/mol. The van der Waals surface area contributed by atoms with Crippen LogP contribution in [-0.4, -0.2) is 39.2 Å². The number of nitrogens with zero attached hydrogens (tertiary/aromatic N) is 4. The molecule has 0 aliphatic carbocycles. The van der Waals surface area contributed by atoms with Gasteiger partial charge in [0.1, 0.15) is 11.5 Å². The minimum Gasteiger partial charge on any atom is -0.481 e. The Morgan fingerprint density at radius 3 is 2.76 bits per heavy atom. The Morgan fingerprint density at radius 1 is 1.28 bits per heavy atom. The first kappa shape index (κ1) is 15.4. The fourth-order valence-corrected chi connectivity index (χ4v) is 3.24. The second kappa shape index (κ2) is 5.77. The summed E-state index contributed by atoms with van der Waals surface area (Å²) in [7, 11) is 1.58. The van der Waals surface area contributed by atoms with Crippen molar-refractivity contribution in [3.8, 4) is 17.0 Å². The molecule has 0 fully saturated rings. The average molecular weight is 338 g/mol. The van der Waals surface area contributed by atoms with Crippen molar-refractivity contribution in [3.05, 3.63) is 42.4 Å². The van der Waals surface area contributed by atoms with Crippen LogP contribution in [0.15, 0.2) is 36.7 Å². The largest absolute Gasteiger partial charge is 0.481 e. The van der Waals surface area contributed by atoms with Crippen molar-refractivity contribution in [2.24, 2.45) is 0 Å². The number of hydrogen-bond donors (Lipinski definition) is 1. The maximum Gasteiger partial charge on any atom is 0.413 e. The minimum absolute atomic E-state index is 0.233. The molecule has 25 heavy (non-hydrogen) atoms. The fourth-order valence-electron chi connectivity index (χ4n) is 3.24. The summed E-state index contributed by atoms with van der Waals surface area (Å²) in [6, 6.07) is 7.60. The van der Waals surface area contributed by atoms with Gasteiger partial charge in [0.25, 0.3) is 0 Å². The topological polar surface area (TPSA) is 80.0 Å². The van der Waals surface area contributed by atoms with Gasteiger partial charge < -0.3 is 9.84 Å². The number of fused-ring (bicyclic) bond motifs is 3. The Hall–Kier alpha value is -3.09. The molecule has 3 aromatic rings. The number of carbonyl (C=O) groups is 1. The lowest BCUT2D eigenvalue weighted by atomic mass is 10.00. The van der Waals surface area contributed by atoms with Gasteiger partial charge in [-0.2, -0.15) is 0 Å². The Morgan fingerprint density at radius 2 is 2.08 bits per heavy atom. The standard InChI is InChI=1S/C18H18N4O3/c1-11-7-8-21(18(23)24)17-16(11)20-14-5-3-13(10-22(14)17)12-4-6-15(25-2)19-9-12/h3-6,9-11H,7-8H2,1-2H3,(H,23,24). The number of aromatic nitrogens is 3. The zero-order valence-corrected chi connectivity index (χ0v) is 14.0. The van der Waals surface area contributed by atoms with Crippen molar-refractivity contribution in [2.45, 2.75) is 19.3 Å². The van der Waals surface area contributed by atoms with Gasteiger partial charge in [0.15, 0.2) is 0 Å². The number of imidazole rings is 1. The highest BCUT2D eigenvalue weighted by atomic mass is 16.5. The molecule has 1 aliphatic rings. The molecular formula is C18H18N4O3. The van der Waals surface area contributed by atoms with Crippen LogP contribution >= 0.6 is 0 Å². The highest BCUT2D eigenvalue weighted by Gasteiger charge is 2.31. The molecule has 0 bridgehead atoms. The molecule has 4 heterocycles. The zero-order valence-electron chi connectivity index (χ0n) is 14.0. The molecule has 0 saturated heterocycles. The molecule has 1 aliphatic heterocycles. The van der Waals surface area contributed by atoms with Gasteiger partial charge in [-0.1, -0.05) is 6.92 Å². The first-order valence-electron chi connectivity index (χ1n) is 8.11. The van der Waals surface area contributed by atoms with Crippen LogP contribution in [0.25, 0.3) is 16.8 Å². The number of carboxylic acid groups (broad SMARTS) is 1. The second-order valence-corrected chi connectivity index (χ2v) is 6.18. The number of hydrogen-bond acceptors (Lipinski definition) is 4. The van der Waals surface area contributed by atoms with Gasteiger partial charge in [-0.3, -0.25) is 9.30 Å². The molecule has 0 aromatic carbocycles. The van der Waals surface area contributed by atoms with Gasteiger partial charge in [0.2, 0.25) is 5.88 Å². The van der Waals surface area contributed by atoms with E-state index in [-0.39, 0.29) is 5.92 Å². The summed E-state index contributed by atoms with van der Waals surface area (Å²) in [5.74, 6) is 1.43. The van der Waals surface area contributed by atoms with E-state index in [1.54, 1.807) is 19.4 Å². The van der Waals surface area contributed by atoms with Crippen LogP contribution in [0.1, 0.15) is 25.0 Å². The summed E-state index contributed by atoms with van der Waals surface area (Å²) in [6.45, 7) is 2.56. The summed E-state index contributed by atoms with van der Waals surface area (Å²) in [6.07, 6.45) is 3.48. The first-order chi connectivity index (χ1) is 12.1. The van der Waals surface area contributed by atoms with E-state index in [1.165, 1.54) is 4.90 Å². The number of ether oxygens (including phenoxy) is 1. The normalized spacial score (nSPS) is 16.7. The minimum atomic E-state index is -0.952. The molecule has 0 radical (unpaired) electrons. The number of amides is 1. The zero-order chi connectivity index (χ0) is 17.6. The Balaban J connectivity index is 1.87. The predicted octanol–water partition coefficient (Wildman–Crippen LogP) is 3.40. The molecular weight excluding hydrogens is 320 g/mol. The third-order valence-electron chi connectivity index (χ3n) is 4.64. The predicted molar refractivity (Wildman–Crippen MR) is 93.4 cm³/mol. The molecule has 1 amide bonds. The van der Waals surface area contributed by atoms with E-state index in [9.17, 15) is 9.90 Å². The van der Waals surface area contributed by atoms with E-state index >= 15 is 0 Å². The highest BCUT2D eigenvalue weighted by molar-refractivity contribution is 5.87. The number of methoxy groups -OCH3 is 1. The van der Waals surface area contributed by atoms with Gasteiger partial charge in [-0.25, -0.2) is 14.8 Å². The number of anilines is 1. The van der Waals surface area contributed by atoms with Gasteiger partial charge in [-0.05, 0) is 24.6 Å².